The maximum atomic E-state index is 5.82. The van der Waals surface area contributed by atoms with Crippen molar-refractivity contribution in [3.05, 3.63) is 17.7 Å². The largest absolute Gasteiger partial charge is 0.493 e. The SMILES string of the molecule is CCCNCc1cc(OC)c(OCC(C)C)c(OC)c1. The predicted octanol–water partition coefficient (Wildman–Crippen LogP) is 3.24. The van der Waals surface area contributed by atoms with Gasteiger partial charge in [0.1, 0.15) is 0 Å². The van der Waals surface area contributed by atoms with Crippen LogP contribution in [0.4, 0.5) is 0 Å². The Morgan fingerprint density at radius 2 is 1.70 bits per heavy atom. The Morgan fingerprint density at radius 3 is 2.15 bits per heavy atom. The summed E-state index contributed by atoms with van der Waals surface area (Å²) in [5, 5.41) is 3.37. The van der Waals surface area contributed by atoms with Crippen LogP contribution in [0.15, 0.2) is 12.1 Å². The monoisotopic (exact) mass is 281 g/mol. The number of rotatable bonds is 9. The van der Waals surface area contributed by atoms with Crippen molar-refractivity contribution in [3.63, 3.8) is 0 Å². The van der Waals surface area contributed by atoms with E-state index in [0.717, 1.165) is 36.6 Å². The van der Waals surface area contributed by atoms with Crippen LogP contribution in [0.3, 0.4) is 0 Å². The molecule has 0 fully saturated rings. The zero-order valence-electron chi connectivity index (χ0n) is 13.3. The minimum atomic E-state index is 0.454. The Morgan fingerprint density at radius 1 is 1.10 bits per heavy atom. The van der Waals surface area contributed by atoms with E-state index in [1.807, 2.05) is 12.1 Å². The maximum absolute atomic E-state index is 5.82. The van der Waals surface area contributed by atoms with Gasteiger partial charge in [-0.05, 0) is 36.6 Å². The number of nitrogens with one attached hydrogen (secondary N) is 1. The highest BCUT2D eigenvalue weighted by molar-refractivity contribution is 5.53. The van der Waals surface area contributed by atoms with Crippen molar-refractivity contribution in [2.45, 2.75) is 33.7 Å². The van der Waals surface area contributed by atoms with Crippen LogP contribution in [0.25, 0.3) is 0 Å². The molecule has 0 bridgehead atoms. The fourth-order valence-corrected chi connectivity index (χ4v) is 1.84. The molecule has 0 saturated heterocycles. The third-order valence-corrected chi connectivity index (χ3v) is 2.84. The molecule has 1 N–H and O–H groups in total. The van der Waals surface area contributed by atoms with Crippen molar-refractivity contribution in [2.75, 3.05) is 27.4 Å². The number of methoxy groups -OCH3 is 2. The molecular formula is C16H27NO3. The van der Waals surface area contributed by atoms with E-state index in [2.05, 4.69) is 26.1 Å². The minimum absolute atomic E-state index is 0.454. The molecule has 0 unspecified atom stereocenters. The highest BCUT2D eigenvalue weighted by atomic mass is 16.5. The first-order chi connectivity index (χ1) is 9.62. The van der Waals surface area contributed by atoms with Crippen molar-refractivity contribution < 1.29 is 14.2 Å². The molecule has 0 spiro atoms. The molecule has 0 aliphatic rings. The molecule has 0 amide bonds. The van der Waals surface area contributed by atoms with Crippen LogP contribution in [0.5, 0.6) is 17.2 Å². The summed E-state index contributed by atoms with van der Waals surface area (Å²) >= 11 is 0. The molecule has 0 atom stereocenters. The molecule has 0 heterocycles. The van der Waals surface area contributed by atoms with Gasteiger partial charge >= 0.3 is 0 Å². The Hall–Kier alpha value is -1.42. The van der Waals surface area contributed by atoms with Crippen LogP contribution in [0.1, 0.15) is 32.8 Å². The van der Waals surface area contributed by atoms with E-state index in [1.54, 1.807) is 14.2 Å². The summed E-state index contributed by atoms with van der Waals surface area (Å²) < 4.78 is 16.7. The standard InChI is InChI=1S/C16H27NO3/c1-6-7-17-10-13-8-14(18-4)16(15(9-13)19-5)20-11-12(2)3/h8-9,12,17H,6-7,10-11H2,1-5H3. The van der Waals surface area contributed by atoms with E-state index in [9.17, 15) is 0 Å². The Balaban J connectivity index is 2.92. The Kier molecular flexibility index (Phi) is 7.23. The molecule has 4 nitrogen and oxygen atoms in total. The molecule has 0 aliphatic heterocycles. The average molecular weight is 281 g/mol. The fourth-order valence-electron chi connectivity index (χ4n) is 1.84. The van der Waals surface area contributed by atoms with Gasteiger partial charge in [0.05, 0.1) is 20.8 Å². The highest BCUT2D eigenvalue weighted by Gasteiger charge is 2.14. The molecule has 1 rings (SSSR count). The van der Waals surface area contributed by atoms with Gasteiger partial charge in [0, 0.05) is 6.54 Å². The van der Waals surface area contributed by atoms with Crippen molar-refractivity contribution in [1.82, 2.24) is 5.32 Å². The first-order valence-electron chi connectivity index (χ1n) is 7.20. The van der Waals surface area contributed by atoms with Crippen LogP contribution >= 0.6 is 0 Å². The second kappa shape index (κ2) is 8.69. The van der Waals surface area contributed by atoms with E-state index in [1.165, 1.54) is 0 Å². The van der Waals surface area contributed by atoms with Crippen molar-refractivity contribution in [2.24, 2.45) is 5.92 Å². The Bertz CT molecular complexity index is 380. The summed E-state index contributed by atoms with van der Waals surface area (Å²) in [7, 11) is 3.31. The normalized spacial score (nSPS) is 10.7. The number of hydrogen-bond donors (Lipinski definition) is 1. The van der Waals surface area contributed by atoms with Gasteiger partial charge in [0.2, 0.25) is 5.75 Å². The lowest BCUT2D eigenvalue weighted by Gasteiger charge is -2.17. The number of ether oxygens (including phenoxy) is 3. The van der Waals surface area contributed by atoms with E-state index in [-0.39, 0.29) is 0 Å². The van der Waals surface area contributed by atoms with E-state index in [0.29, 0.717) is 18.3 Å². The Labute approximate surface area is 122 Å². The number of hydrogen-bond acceptors (Lipinski definition) is 4. The molecule has 1 aromatic rings. The van der Waals surface area contributed by atoms with Crippen LogP contribution in [0, 0.1) is 5.92 Å². The smallest absolute Gasteiger partial charge is 0.203 e. The summed E-state index contributed by atoms with van der Waals surface area (Å²) in [4.78, 5) is 0. The van der Waals surface area contributed by atoms with Crippen molar-refractivity contribution in [1.29, 1.82) is 0 Å². The second-order valence-electron chi connectivity index (χ2n) is 5.21. The molecule has 0 aliphatic carbocycles. The van der Waals surface area contributed by atoms with Gasteiger partial charge in [-0.15, -0.1) is 0 Å². The summed E-state index contributed by atoms with van der Waals surface area (Å²) in [6.07, 6.45) is 1.11. The second-order valence-corrected chi connectivity index (χ2v) is 5.21. The van der Waals surface area contributed by atoms with Crippen molar-refractivity contribution >= 4 is 0 Å². The first-order valence-corrected chi connectivity index (χ1v) is 7.20. The van der Waals surface area contributed by atoms with Gasteiger partial charge in [0.25, 0.3) is 0 Å². The lowest BCUT2D eigenvalue weighted by molar-refractivity contribution is 0.243. The van der Waals surface area contributed by atoms with Crippen LogP contribution in [-0.2, 0) is 6.54 Å². The molecule has 114 valence electrons. The zero-order chi connectivity index (χ0) is 15.0. The molecule has 0 aromatic heterocycles. The topological polar surface area (TPSA) is 39.7 Å². The predicted molar refractivity (Wildman–Crippen MR) is 81.9 cm³/mol. The highest BCUT2D eigenvalue weighted by Crippen LogP contribution is 2.38. The van der Waals surface area contributed by atoms with Gasteiger partial charge in [-0.3, -0.25) is 0 Å². The maximum Gasteiger partial charge on any atom is 0.203 e. The lowest BCUT2D eigenvalue weighted by atomic mass is 10.1. The first kappa shape index (κ1) is 16.6. The molecule has 0 radical (unpaired) electrons. The molecule has 20 heavy (non-hydrogen) atoms. The third kappa shape index (κ3) is 4.93. The van der Waals surface area contributed by atoms with Gasteiger partial charge in [-0.25, -0.2) is 0 Å². The summed E-state index contributed by atoms with van der Waals surface area (Å²) in [6, 6.07) is 4.00. The summed E-state index contributed by atoms with van der Waals surface area (Å²) in [5.74, 6) is 2.58. The van der Waals surface area contributed by atoms with Crippen LogP contribution < -0.4 is 19.5 Å². The quantitative estimate of drug-likeness (QED) is 0.705. The van der Waals surface area contributed by atoms with Gasteiger partial charge < -0.3 is 19.5 Å². The molecular weight excluding hydrogens is 254 g/mol. The van der Waals surface area contributed by atoms with Crippen molar-refractivity contribution in [3.8, 4) is 17.2 Å². The average Bonchev–Trinajstić information content (AvgIpc) is 2.44. The molecule has 4 heteroatoms. The van der Waals surface area contributed by atoms with E-state index >= 15 is 0 Å². The molecule has 0 saturated carbocycles. The third-order valence-electron chi connectivity index (χ3n) is 2.84. The summed E-state index contributed by atoms with van der Waals surface area (Å²) in [5.41, 5.74) is 1.13. The van der Waals surface area contributed by atoms with Gasteiger partial charge in [0.15, 0.2) is 11.5 Å². The van der Waals surface area contributed by atoms with Crippen LogP contribution in [-0.4, -0.2) is 27.4 Å². The lowest BCUT2D eigenvalue weighted by Crippen LogP contribution is -2.14. The zero-order valence-corrected chi connectivity index (χ0v) is 13.3. The van der Waals surface area contributed by atoms with Gasteiger partial charge in [-0.2, -0.15) is 0 Å². The fraction of sp³-hybridized carbons (Fsp3) is 0.625. The number of benzene rings is 1. The van der Waals surface area contributed by atoms with E-state index < -0.39 is 0 Å². The molecule has 1 aromatic carbocycles. The summed E-state index contributed by atoms with van der Waals surface area (Å²) in [6.45, 7) is 8.81. The minimum Gasteiger partial charge on any atom is -0.493 e. The van der Waals surface area contributed by atoms with Crippen LogP contribution in [0.2, 0.25) is 0 Å². The van der Waals surface area contributed by atoms with E-state index in [4.69, 9.17) is 14.2 Å². The van der Waals surface area contributed by atoms with Gasteiger partial charge in [-0.1, -0.05) is 20.8 Å².